The van der Waals surface area contributed by atoms with Gasteiger partial charge in [0.1, 0.15) is 0 Å². The molecule has 1 aliphatic carbocycles. The number of carbonyl (C=O) groups is 1. The van der Waals surface area contributed by atoms with Crippen molar-refractivity contribution in [3.05, 3.63) is 51.2 Å². The highest BCUT2D eigenvalue weighted by atomic mass is 79.9. The number of hydrogen-bond donors (Lipinski definition) is 1. The third-order valence-corrected chi connectivity index (χ3v) is 5.63. The zero-order chi connectivity index (χ0) is 17.4. The smallest absolute Gasteiger partial charge is 0.254 e. The standard InChI is InChI=1S/C18H18BrClN4O/c19-12-5-4-11-10-24(17(25)16(11)6-12)15-3-1-2-14(7-15)23-18-21-8-13(20)9-22-18/h4-6,8-9,14-15H,1-3,7,10H2,(H,21,22,23)/t14-,15+/m1/s1. The van der Waals surface area contributed by atoms with Gasteiger partial charge in [-0.25, -0.2) is 9.97 Å². The van der Waals surface area contributed by atoms with Crippen molar-refractivity contribution in [1.82, 2.24) is 14.9 Å². The molecule has 1 amide bonds. The van der Waals surface area contributed by atoms with Crippen LogP contribution in [0.1, 0.15) is 41.6 Å². The van der Waals surface area contributed by atoms with E-state index in [1.807, 2.05) is 23.1 Å². The predicted molar refractivity (Wildman–Crippen MR) is 101 cm³/mol. The molecule has 0 saturated heterocycles. The number of benzene rings is 1. The first kappa shape index (κ1) is 16.8. The first-order chi connectivity index (χ1) is 12.1. The number of nitrogens with one attached hydrogen (secondary N) is 1. The minimum atomic E-state index is 0.143. The Labute approximate surface area is 159 Å². The molecule has 2 atom stereocenters. The number of anilines is 1. The third-order valence-electron chi connectivity index (χ3n) is 4.94. The van der Waals surface area contributed by atoms with Crippen LogP contribution in [-0.4, -0.2) is 32.9 Å². The predicted octanol–water partition coefficient (Wildman–Crippen LogP) is 4.27. The lowest BCUT2D eigenvalue weighted by Crippen LogP contribution is -2.42. The molecule has 1 aromatic carbocycles. The van der Waals surface area contributed by atoms with Crippen molar-refractivity contribution < 1.29 is 4.79 Å². The molecule has 2 heterocycles. The zero-order valence-corrected chi connectivity index (χ0v) is 15.9. The monoisotopic (exact) mass is 420 g/mol. The van der Waals surface area contributed by atoms with Crippen LogP contribution in [-0.2, 0) is 6.54 Å². The first-order valence-corrected chi connectivity index (χ1v) is 9.61. The molecule has 1 aromatic heterocycles. The van der Waals surface area contributed by atoms with Crippen molar-refractivity contribution in [2.24, 2.45) is 0 Å². The van der Waals surface area contributed by atoms with E-state index in [-0.39, 0.29) is 18.0 Å². The van der Waals surface area contributed by atoms with Crippen molar-refractivity contribution in [2.45, 2.75) is 44.3 Å². The quantitative estimate of drug-likeness (QED) is 0.804. The fraction of sp³-hybridized carbons (Fsp3) is 0.389. The number of rotatable bonds is 3. The van der Waals surface area contributed by atoms with Gasteiger partial charge < -0.3 is 10.2 Å². The lowest BCUT2D eigenvalue weighted by Gasteiger charge is -2.35. The highest BCUT2D eigenvalue weighted by Crippen LogP contribution is 2.33. The average Bonchev–Trinajstić information content (AvgIpc) is 2.94. The second kappa shape index (κ2) is 6.92. The van der Waals surface area contributed by atoms with Crippen LogP contribution in [0.15, 0.2) is 35.1 Å². The number of halogens is 2. The van der Waals surface area contributed by atoms with Crippen LogP contribution in [0, 0.1) is 0 Å². The van der Waals surface area contributed by atoms with Gasteiger partial charge in [0.2, 0.25) is 5.95 Å². The van der Waals surface area contributed by atoms with Crippen LogP contribution in [0.25, 0.3) is 0 Å². The van der Waals surface area contributed by atoms with Crippen molar-refractivity contribution in [3.63, 3.8) is 0 Å². The maximum absolute atomic E-state index is 12.8. The molecule has 2 aromatic rings. The van der Waals surface area contributed by atoms with Gasteiger partial charge in [-0.3, -0.25) is 4.79 Å². The Morgan fingerprint density at radius 2 is 2.04 bits per heavy atom. The summed E-state index contributed by atoms with van der Waals surface area (Å²) < 4.78 is 0.949. The fourth-order valence-electron chi connectivity index (χ4n) is 3.74. The lowest BCUT2D eigenvalue weighted by atomic mass is 9.90. The number of carbonyl (C=O) groups excluding carboxylic acids is 1. The fourth-order valence-corrected chi connectivity index (χ4v) is 4.20. The van der Waals surface area contributed by atoms with E-state index in [1.165, 1.54) is 0 Å². The summed E-state index contributed by atoms with van der Waals surface area (Å²) >= 11 is 9.29. The minimum absolute atomic E-state index is 0.143. The first-order valence-electron chi connectivity index (χ1n) is 8.43. The molecule has 25 heavy (non-hydrogen) atoms. The van der Waals surface area contributed by atoms with Crippen LogP contribution in [0.3, 0.4) is 0 Å². The third kappa shape index (κ3) is 3.51. The Kier molecular flexibility index (Phi) is 4.65. The summed E-state index contributed by atoms with van der Waals surface area (Å²) in [6.45, 7) is 0.705. The van der Waals surface area contributed by atoms with E-state index in [4.69, 9.17) is 11.6 Å². The summed E-state index contributed by atoms with van der Waals surface area (Å²) in [4.78, 5) is 23.2. The molecule has 0 bridgehead atoms. The topological polar surface area (TPSA) is 58.1 Å². The van der Waals surface area contributed by atoms with Gasteiger partial charge in [0.15, 0.2) is 0 Å². The van der Waals surface area contributed by atoms with E-state index in [1.54, 1.807) is 12.4 Å². The van der Waals surface area contributed by atoms with Crippen LogP contribution < -0.4 is 5.32 Å². The van der Waals surface area contributed by atoms with Crippen LogP contribution >= 0.6 is 27.5 Å². The van der Waals surface area contributed by atoms with Gasteiger partial charge in [0.25, 0.3) is 5.91 Å². The normalized spacial score (nSPS) is 22.8. The Balaban J connectivity index is 1.45. The molecular formula is C18H18BrClN4O. The highest BCUT2D eigenvalue weighted by molar-refractivity contribution is 9.10. The van der Waals surface area contributed by atoms with Gasteiger partial charge in [-0.2, -0.15) is 0 Å². The molecule has 7 heteroatoms. The second-order valence-corrected chi connectivity index (χ2v) is 7.97. The van der Waals surface area contributed by atoms with Gasteiger partial charge in [0, 0.05) is 28.7 Å². The van der Waals surface area contributed by atoms with Gasteiger partial charge in [-0.1, -0.05) is 33.6 Å². The summed E-state index contributed by atoms with van der Waals surface area (Å²) in [6.07, 6.45) is 7.28. The van der Waals surface area contributed by atoms with Gasteiger partial charge >= 0.3 is 0 Å². The molecule has 5 nitrogen and oxygen atoms in total. The minimum Gasteiger partial charge on any atom is -0.351 e. The van der Waals surface area contributed by atoms with Crippen molar-refractivity contribution in [1.29, 1.82) is 0 Å². The summed E-state index contributed by atoms with van der Waals surface area (Å²) in [5.41, 5.74) is 1.94. The number of nitrogens with zero attached hydrogens (tertiary/aromatic N) is 3. The van der Waals surface area contributed by atoms with Crippen LogP contribution in [0.5, 0.6) is 0 Å². The van der Waals surface area contributed by atoms with Gasteiger partial charge in [0.05, 0.1) is 17.4 Å². The molecule has 4 rings (SSSR count). The number of fused-ring (bicyclic) bond motifs is 1. The zero-order valence-electron chi connectivity index (χ0n) is 13.6. The molecule has 0 radical (unpaired) electrons. The van der Waals surface area contributed by atoms with Crippen molar-refractivity contribution in [2.75, 3.05) is 5.32 Å². The summed E-state index contributed by atoms with van der Waals surface area (Å²) in [6, 6.07) is 6.48. The Hall–Kier alpha value is -1.66. The van der Waals surface area contributed by atoms with Crippen molar-refractivity contribution >= 4 is 39.4 Å². The maximum atomic E-state index is 12.8. The van der Waals surface area contributed by atoms with E-state index in [0.717, 1.165) is 41.3 Å². The molecular weight excluding hydrogens is 404 g/mol. The van der Waals surface area contributed by atoms with E-state index in [9.17, 15) is 4.79 Å². The van der Waals surface area contributed by atoms with E-state index < -0.39 is 0 Å². The lowest BCUT2D eigenvalue weighted by molar-refractivity contribution is 0.0654. The van der Waals surface area contributed by atoms with E-state index >= 15 is 0 Å². The molecule has 2 aliphatic rings. The molecule has 1 N–H and O–H groups in total. The molecule has 130 valence electrons. The molecule has 1 fully saturated rings. The molecule has 1 aliphatic heterocycles. The summed E-state index contributed by atoms with van der Waals surface area (Å²) in [5, 5.41) is 3.91. The van der Waals surface area contributed by atoms with Crippen molar-refractivity contribution in [3.8, 4) is 0 Å². The maximum Gasteiger partial charge on any atom is 0.254 e. The van der Waals surface area contributed by atoms with E-state index in [2.05, 4.69) is 31.2 Å². The summed E-state index contributed by atoms with van der Waals surface area (Å²) in [7, 11) is 0. The Morgan fingerprint density at radius 3 is 2.84 bits per heavy atom. The van der Waals surface area contributed by atoms with E-state index in [0.29, 0.717) is 17.5 Å². The van der Waals surface area contributed by atoms with Gasteiger partial charge in [-0.15, -0.1) is 0 Å². The molecule has 0 spiro atoms. The largest absolute Gasteiger partial charge is 0.351 e. The number of hydrogen-bond acceptors (Lipinski definition) is 4. The molecule has 1 saturated carbocycles. The van der Waals surface area contributed by atoms with Gasteiger partial charge in [-0.05, 0) is 43.4 Å². The highest BCUT2D eigenvalue weighted by Gasteiger charge is 2.35. The SMILES string of the molecule is O=C1c2cc(Br)ccc2CN1[C@H]1CCC[C@@H](Nc2ncc(Cl)cn2)C1. The number of aromatic nitrogens is 2. The van der Waals surface area contributed by atoms with Crippen LogP contribution in [0.2, 0.25) is 5.02 Å². The average molecular weight is 422 g/mol. The Morgan fingerprint density at radius 1 is 1.24 bits per heavy atom. The number of amides is 1. The second-order valence-electron chi connectivity index (χ2n) is 6.62. The van der Waals surface area contributed by atoms with Crippen LogP contribution in [0.4, 0.5) is 5.95 Å². The summed E-state index contributed by atoms with van der Waals surface area (Å²) in [5.74, 6) is 0.736. The Bertz CT molecular complexity index is 798. The molecule has 0 unspecified atom stereocenters.